The molecule has 0 spiro atoms. The van der Waals surface area contributed by atoms with Crippen LogP contribution in [0.2, 0.25) is 0 Å². The van der Waals surface area contributed by atoms with E-state index in [1.807, 2.05) is 0 Å². The highest BCUT2D eigenvalue weighted by molar-refractivity contribution is 6.55. The first-order valence-corrected chi connectivity index (χ1v) is 14.5. The van der Waals surface area contributed by atoms with Gasteiger partial charge in [-0.25, -0.2) is 13.8 Å². The van der Waals surface area contributed by atoms with Crippen molar-refractivity contribution in [3.63, 3.8) is 0 Å². The van der Waals surface area contributed by atoms with Gasteiger partial charge >= 0.3 is 7.12 Å². The number of nitrogens with zero attached hydrogens (tertiary/aromatic N) is 4. The van der Waals surface area contributed by atoms with Gasteiger partial charge in [0, 0.05) is 44.2 Å². The Hall–Kier alpha value is -3.22. The van der Waals surface area contributed by atoms with Crippen molar-refractivity contribution in [1.29, 1.82) is 0 Å². The molecule has 2 aromatic rings. The average molecular weight is 621 g/mol. The van der Waals surface area contributed by atoms with Gasteiger partial charge in [0.2, 0.25) is 5.91 Å². The first-order valence-electron chi connectivity index (χ1n) is 14.5. The minimum atomic E-state index is -4.22. The quantitative estimate of drug-likeness (QED) is 0.0895. The average Bonchev–Trinajstić information content (AvgIpc) is 3.48. The lowest BCUT2D eigenvalue weighted by atomic mass is 9.41. The minimum Gasteiger partial charge on any atom is -0.425 e. The molecule has 1 amide bonds. The zero-order valence-corrected chi connectivity index (χ0v) is 24.9. The van der Waals surface area contributed by atoms with E-state index >= 15 is 8.78 Å². The lowest BCUT2D eigenvalue weighted by molar-refractivity contribution is -0.194. The number of unbranched alkanes of at least 4 members (excludes halogenated alkanes) is 1. The number of H-pyrrole nitrogens is 1. The number of imidazole rings is 1. The van der Waals surface area contributed by atoms with Gasteiger partial charge in [0.25, 0.3) is 5.92 Å². The maximum Gasteiger partial charge on any atom is 0.488 e. The van der Waals surface area contributed by atoms with Crippen molar-refractivity contribution in [1.82, 2.24) is 24.8 Å². The maximum atomic E-state index is 16.9. The van der Waals surface area contributed by atoms with E-state index in [1.165, 1.54) is 12.5 Å². The first-order chi connectivity index (χ1) is 20.7. The van der Waals surface area contributed by atoms with Gasteiger partial charge in [-0.05, 0) is 31.7 Å². The predicted octanol–water partition coefficient (Wildman–Crippen LogP) is -1.41. The van der Waals surface area contributed by atoms with Gasteiger partial charge in [-0.3, -0.25) is 24.4 Å². The molecule has 3 heterocycles. The van der Waals surface area contributed by atoms with E-state index in [1.54, 1.807) is 13.8 Å². The standard InChI is InChI=1S/C27H42BF2N9O5/c1-16(2)11-19(33)23(41)27(28(43)44)26(21-14-35-8-9-37-21,22(40)18(32)5-3-4-7-31)25(29,30)6-10-39(27)24(42)20(34)12-17-13-36-15-38-17/h8-9,13-16,18-20,43-44H,3-7,10-12,31-34H2,1-2H3,(H,36,38). The molecule has 1 aliphatic rings. The summed E-state index contributed by atoms with van der Waals surface area (Å²) < 4.78 is 33.9. The lowest BCUT2D eigenvalue weighted by Gasteiger charge is -2.60. The summed E-state index contributed by atoms with van der Waals surface area (Å²) in [7, 11) is -3.07. The van der Waals surface area contributed by atoms with Crippen LogP contribution in [0, 0.1) is 5.92 Å². The fourth-order valence-corrected chi connectivity index (χ4v) is 6.26. The molecule has 3 rings (SSSR count). The van der Waals surface area contributed by atoms with Crippen LogP contribution >= 0.6 is 0 Å². The highest BCUT2D eigenvalue weighted by atomic mass is 19.3. The summed E-state index contributed by atoms with van der Waals surface area (Å²) >= 11 is 0. The lowest BCUT2D eigenvalue weighted by Crippen LogP contribution is -2.87. The zero-order chi connectivity index (χ0) is 32.9. The zero-order valence-electron chi connectivity index (χ0n) is 24.9. The van der Waals surface area contributed by atoms with Gasteiger partial charge in [0.1, 0.15) is 0 Å². The molecule has 5 unspecified atom stereocenters. The Morgan fingerprint density at radius 1 is 1.07 bits per heavy atom. The first kappa shape index (κ1) is 35.3. The van der Waals surface area contributed by atoms with Crippen molar-refractivity contribution in [2.75, 3.05) is 13.1 Å². The number of halogens is 2. The number of rotatable bonds is 15. The van der Waals surface area contributed by atoms with Gasteiger partial charge in [-0.1, -0.05) is 20.3 Å². The highest BCUT2D eigenvalue weighted by Gasteiger charge is 2.82. The van der Waals surface area contributed by atoms with Crippen LogP contribution in [0.25, 0.3) is 0 Å². The molecule has 1 saturated heterocycles. The van der Waals surface area contributed by atoms with Crippen LogP contribution in [0.3, 0.4) is 0 Å². The summed E-state index contributed by atoms with van der Waals surface area (Å²) in [5, 5.41) is 22.5. The smallest absolute Gasteiger partial charge is 0.425 e. The number of Topliss-reactive ketones (excluding diaryl/α,β-unsaturated/α-hetero) is 2. The van der Waals surface area contributed by atoms with Crippen molar-refractivity contribution in [2.45, 2.75) is 87.3 Å². The number of alkyl halides is 2. The van der Waals surface area contributed by atoms with Crippen LogP contribution in [-0.2, 0) is 26.2 Å². The Morgan fingerprint density at radius 3 is 2.32 bits per heavy atom. The summed E-state index contributed by atoms with van der Waals surface area (Å²) in [6.07, 6.45) is 4.85. The Balaban J connectivity index is 2.42. The summed E-state index contributed by atoms with van der Waals surface area (Å²) in [4.78, 5) is 58.5. The van der Waals surface area contributed by atoms with E-state index in [0.29, 0.717) is 17.0 Å². The molecule has 1 fully saturated rings. The van der Waals surface area contributed by atoms with Crippen molar-refractivity contribution in [2.24, 2.45) is 28.9 Å². The highest BCUT2D eigenvalue weighted by Crippen LogP contribution is 2.56. The van der Waals surface area contributed by atoms with Crippen LogP contribution in [0.1, 0.15) is 57.3 Å². The van der Waals surface area contributed by atoms with Gasteiger partial charge in [0.05, 0.1) is 35.8 Å². The third kappa shape index (κ3) is 6.16. The van der Waals surface area contributed by atoms with Crippen LogP contribution in [0.15, 0.2) is 31.1 Å². The number of ketones is 2. The van der Waals surface area contributed by atoms with Gasteiger partial charge in [-0.2, -0.15) is 0 Å². The molecule has 0 aliphatic carbocycles. The number of aromatic nitrogens is 4. The van der Waals surface area contributed by atoms with E-state index < -0.39 is 78.2 Å². The van der Waals surface area contributed by atoms with Gasteiger partial charge < -0.3 is 42.9 Å². The Morgan fingerprint density at radius 2 is 1.77 bits per heavy atom. The molecule has 5 atom stereocenters. The van der Waals surface area contributed by atoms with Crippen LogP contribution < -0.4 is 22.9 Å². The topological polar surface area (TPSA) is 253 Å². The summed E-state index contributed by atoms with van der Waals surface area (Å²) in [6, 6.07) is -4.78. The fourth-order valence-electron chi connectivity index (χ4n) is 6.26. The Bertz CT molecular complexity index is 1270. The van der Waals surface area contributed by atoms with Crippen molar-refractivity contribution >= 4 is 24.6 Å². The minimum absolute atomic E-state index is 0.104. The SMILES string of the molecule is CC(C)CC(N)C(=O)C1(B(O)O)N(C(=O)C(N)Cc2c[nH]cn2)CCC(F)(F)C1(C(=O)C(N)CCCCN)c1cnccn1. The largest absolute Gasteiger partial charge is 0.488 e. The number of hydrogen-bond donors (Lipinski definition) is 7. The summed E-state index contributed by atoms with van der Waals surface area (Å²) in [5.41, 5.74) is 17.0. The van der Waals surface area contributed by atoms with Crippen LogP contribution in [0.5, 0.6) is 0 Å². The Kier molecular flexibility index (Phi) is 11.4. The molecule has 242 valence electrons. The van der Waals surface area contributed by atoms with E-state index in [0.717, 1.165) is 18.6 Å². The number of nitrogens with two attached hydrogens (primary N) is 4. The molecule has 17 heteroatoms. The van der Waals surface area contributed by atoms with Crippen molar-refractivity contribution < 1.29 is 33.2 Å². The Labute approximate surface area is 254 Å². The molecule has 0 bridgehead atoms. The monoisotopic (exact) mass is 621 g/mol. The number of carbonyl (C=O) groups excluding carboxylic acids is 3. The number of likely N-dealkylation sites (tertiary alicyclic amines) is 1. The molecular weight excluding hydrogens is 579 g/mol. The van der Waals surface area contributed by atoms with E-state index in [4.69, 9.17) is 22.9 Å². The second-order valence-corrected chi connectivity index (χ2v) is 11.7. The third-order valence-electron chi connectivity index (χ3n) is 8.20. The van der Waals surface area contributed by atoms with E-state index in [9.17, 15) is 24.4 Å². The summed E-state index contributed by atoms with van der Waals surface area (Å²) in [5.74, 6) is -8.41. The molecule has 11 N–H and O–H groups in total. The molecule has 0 aromatic carbocycles. The van der Waals surface area contributed by atoms with Crippen LogP contribution in [-0.4, -0.2) is 102 Å². The number of hydrogen-bond acceptors (Lipinski definition) is 12. The normalized spacial score (nSPS) is 23.7. The number of piperidine rings is 1. The second kappa shape index (κ2) is 14.3. The number of carbonyl (C=O) groups is 3. The van der Waals surface area contributed by atoms with Gasteiger partial charge in [-0.15, -0.1) is 0 Å². The van der Waals surface area contributed by atoms with Crippen molar-refractivity contribution in [3.8, 4) is 0 Å². The van der Waals surface area contributed by atoms with Crippen LogP contribution in [0.4, 0.5) is 8.78 Å². The number of nitrogens with one attached hydrogen (secondary N) is 1. The summed E-state index contributed by atoms with van der Waals surface area (Å²) in [6.45, 7) is 2.78. The molecular formula is C27H42BF2N9O5. The number of aromatic amines is 1. The molecule has 2 aromatic heterocycles. The number of amides is 1. The molecule has 0 saturated carbocycles. The van der Waals surface area contributed by atoms with Gasteiger partial charge in [0.15, 0.2) is 22.4 Å². The van der Waals surface area contributed by atoms with E-state index in [-0.39, 0.29) is 38.1 Å². The maximum absolute atomic E-state index is 16.9. The molecule has 0 radical (unpaired) electrons. The fraction of sp³-hybridized carbons (Fsp3) is 0.630. The molecule has 1 aliphatic heterocycles. The van der Waals surface area contributed by atoms with Crippen molar-refractivity contribution in [3.05, 3.63) is 42.5 Å². The third-order valence-corrected chi connectivity index (χ3v) is 8.20. The molecule has 44 heavy (non-hydrogen) atoms. The second-order valence-electron chi connectivity index (χ2n) is 11.7. The predicted molar refractivity (Wildman–Crippen MR) is 157 cm³/mol. The van der Waals surface area contributed by atoms with E-state index in [2.05, 4.69) is 19.9 Å². The molecule has 14 nitrogen and oxygen atoms in total.